The zero-order valence-corrected chi connectivity index (χ0v) is 11.7. The van der Waals surface area contributed by atoms with Crippen molar-refractivity contribution in [3.8, 4) is 0 Å². The van der Waals surface area contributed by atoms with Crippen LogP contribution in [0.3, 0.4) is 0 Å². The number of halogens is 1. The normalized spacial score (nSPS) is 17.5. The molecule has 1 aromatic carbocycles. The summed E-state index contributed by atoms with van der Waals surface area (Å²) in [5, 5.41) is 10.2. The number of aryl methyl sites for hydroxylation is 1. The maximum absolute atomic E-state index is 11.7. The molecule has 0 bridgehead atoms. The molecular formula is C12H17ClO3S. The third-order valence-electron chi connectivity index (χ3n) is 2.90. The van der Waals surface area contributed by atoms with Crippen molar-refractivity contribution in [3.05, 3.63) is 35.4 Å². The minimum Gasteiger partial charge on any atom is -0.385 e. The van der Waals surface area contributed by atoms with Gasteiger partial charge in [0.05, 0.1) is 0 Å². The van der Waals surface area contributed by atoms with E-state index in [2.05, 4.69) is 0 Å². The summed E-state index contributed by atoms with van der Waals surface area (Å²) in [6.07, 6.45) is -0.0478. The first-order valence-corrected chi connectivity index (χ1v) is 7.62. The van der Waals surface area contributed by atoms with Gasteiger partial charge in [-0.2, -0.15) is 0 Å². The summed E-state index contributed by atoms with van der Waals surface area (Å²) < 4.78 is 21.7. The molecule has 0 saturated carbocycles. The van der Waals surface area contributed by atoms with E-state index >= 15 is 0 Å². The molecule has 17 heavy (non-hydrogen) atoms. The van der Waals surface area contributed by atoms with Crippen LogP contribution in [-0.4, -0.2) is 24.0 Å². The monoisotopic (exact) mass is 276 g/mol. The van der Waals surface area contributed by atoms with Crippen molar-refractivity contribution in [2.24, 2.45) is 0 Å². The first-order chi connectivity index (χ1) is 7.72. The molecule has 0 amide bonds. The van der Waals surface area contributed by atoms with Gasteiger partial charge in [-0.05, 0) is 18.9 Å². The number of alkyl halides is 1. The molecule has 0 radical (unpaired) electrons. The number of rotatable bonds is 4. The molecule has 0 saturated heterocycles. The zero-order valence-electron chi connectivity index (χ0n) is 10.1. The molecule has 96 valence electrons. The van der Waals surface area contributed by atoms with Gasteiger partial charge in [-0.15, -0.1) is 0 Å². The molecule has 1 rings (SSSR count). The highest BCUT2D eigenvalue weighted by atomic mass is 35.5. The molecule has 0 spiro atoms. The molecule has 0 heterocycles. The van der Waals surface area contributed by atoms with Gasteiger partial charge in [0.25, 0.3) is 0 Å². The van der Waals surface area contributed by atoms with Gasteiger partial charge >= 0.3 is 0 Å². The van der Waals surface area contributed by atoms with E-state index in [4.69, 9.17) is 11.6 Å². The smallest absolute Gasteiger partial charge is 0.174 e. The lowest BCUT2D eigenvalue weighted by atomic mass is 10.0. The van der Waals surface area contributed by atoms with Crippen LogP contribution in [0.5, 0.6) is 0 Å². The van der Waals surface area contributed by atoms with Crippen molar-refractivity contribution in [1.82, 2.24) is 0 Å². The van der Waals surface area contributed by atoms with E-state index < -0.39 is 20.1 Å². The highest BCUT2D eigenvalue weighted by Gasteiger charge is 2.44. The Labute approximate surface area is 107 Å². The number of aliphatic hydroxyl groups excluding tert-OH is 1. The predicted octanol–water partition coefficient (Wildman–Crippen LogP) is 2.42. The summed E-state index contributed by atoms with van der Waals surface area (Å²) in [4.78, 5) is 0. The van der Waals surface area contributed by atoms with Crippen LogP contribution in [0.1, 0.15) is 30.6 Å². The second kappa shape index (κ2) is 4.96. The van der Waals surface area contributed by atoms with Crippen LogP contribution in [0.15, 0.2) is 24.3 Å². The third-order valence-corrected chi connectivity index (χ3v) is 5.96. The summed E-state index contributed by atoms with van der Waals surface area (Å²) in [7, 11) is -3.56. The maximum atomic E-state index is 11.7. The Morgan fingerprint density at radius 2 is 1.82 bits per heavy atom. The summed E-state index contributed by atoms with van der Waals surface area (Å²) >= 11 is 6.09. The van der Waals surface area contributed by atoms with Gasteiger partial charge < -0.3 is 5.11 Å². The largest absolute Gasteiger partial charge is 0.385 e. The summed E-state index contributed by atoms with van der Waals surface area (Å²) in [5.41, 5.74) is 1.55. The fraction of sp³-hybridized carbons (Fsp3) is 0.500. The van der Waals surface area contributed by atoms with E-state index in [0.29, 0.717) is 5.56 Å². The van der Waals surface area contributed by atoms with E-state index in [0.717, 1.165) is 11.8 Å². The van der Waals surface area contributed by atoms with Gasteiger partial charge in [-0.25, -0.2) is 8.42 Å². The molecule has 0 aliphatic carbocycles. The fourth-order valence-electron chi connectivity index (χ4n) is 1.66. The standard InChI is InChI=1S/C12H17ClO3S/c1-4-12(13,17(3,15)16)11(14)10-7-5-9(2)6-8-10/h5-8,11,14H,4H2,1-3H3/t11-,12-/m0/s1. The van der Waals surface area contributed by atoms with Crippen molar-refractivity contribution in [3.63, 3.8) is 0 Å². The molecule has 1 aromatic rings. The lowest BCUT2D eigenvalue weighted by Gasteiger charge is -2.29. The number of benzene rings is 1. The van der Waals surface area contributed by atoms with Crippen LogP contribution in [0, 0.1) is 6.92 Å². The van der Waals surface area contributed by atoms with Crippen LogP contribution in [0.2, 0.25) is 0 Å². The van der Waals surface area contributed by atoms with Crippen LogP contribution in [0.25, 0.3) is 0 Å². The second-order valence-electron chi connectivity index (χ2n) is 4.23. The van der Waals surface area contributed by atoms with E-state index in [1.807, 2.05) is 19.1 Å². The fourth-order valence-corrected chi connectivity index (χ4v) is 2.85. The lowest BCUT2D eigenvalue weighted by Crippen LogP contribution is -2.37. The Balaban J connectivity index is 3.19. The summed E-state index contributed by atoms with van der Waals surface area (Å²) in [6.45, 7) is 3.56. The molecule has 0 aliphatic heterocycles. The highest BCUT2D eigenvalue weighted by Crippen LogP contribution is 2.39. The average molecular weight is 277 g/mol. The van der Waals surface area contributed by atoms with Crippen molar-refractivity contribution in [2.75, 3.05) is 6.26 Å². The Hall–Kier alpha value is -0.580. The van der Waals surface area contributed by atoms with Gasteiger partial charge in [0.2, 0.25) is 0 Å². The second-order valence-corrected chi connectivity index (χ2v) is 7.40. The Morgan fingerprint density at radius 1 is 1.35 bits per heavy atom. The molecule has 1 N–H and O–H groups in total. The van der Waals surface area contributed by atoms with E-state index in [1.165, 1.54) is 0 Å². The Kier molecular flexibility index (Phi) is 4.23. The van der Waals surface area contributed by atoms with Crippen LogP contribution >= 0.6 is 11.6 Å². The molecule has 0 fully saturated rings. The quantitative estimate of drug-likeness (QED) is 0.860. The molecule has 5 heteroatoms. The summed E-state index contributed by atoms with van der Waals surface area (Å²) in [5.74, 6) is 0. The van der Waals surface area contributed by atoms with Crippen LogP contribution < -0.4 is 0 Å². The summed E-state index contributed by atoms with van der Waals surface area (Å²) in [6, 6.07) is 7.01. The van der Waals surface area contributed by atoms with Gasteiger partial charge in [-0.3, -0.25) is 0 Å². The number of hydrogen-bond acceptors (Lipinski definition) is 3. The van der Waals surface area contributed by atoms with E-state index in [1.54, 1.807) is 19.1 Å². The number of hydrogen-bond donors (Lipinski definition) is 1. The molecule has 0 aliphatic rings. The minimum absolute atomic E-state index is 0.141. The third kappa shape index (κ3) is 2.81. The van der Waals surface area contributed by atoms with Crippen LogP contribution in [0.4, 0.5) is 0 Å². The number of aliphatic hydroxyl groups is 1. The highest BCUT2D eigenvalue weighted by molar-refractivity contribution is 7.93. The molecular weight excluding hydrogens is 260 g/mol. The van der Waals surface area contributed by atoms with Gasteiger partial charge in [-0.1, -0.05) is 48.4 Å². The van der Waals surface area contributed by atoms with Crippen molar-refractivity contribution in [2.45, 2.75) is 30.6 Å². The molecule has 3 nitrogen and oxygen atoms in total. The van der Waals surface area contributed by atoms with Crippen molar-refractivity contribution in [1.29, 1.82) is 0 Å². The van der Waals surface area contributed by atoms with E-state index in [9.17, 15) is 13.5 Å². The van der Waals surface area contributed by atoms with Crippen molar-refractivity contribution < 1.29 is 13.5 Å². The van der Waals surface area contributed by atoms with E-state index in [-0.39, 0.29) is 6.42 Å². The van der Waals surface area contributed by atoms with Crippen LogP contribution in [-0.2, 0) is 9.84 Å². The number of sulfone groups is 1. The molecule has 2 atom stereocenters. The van der Waals surface area contributed by atoms with Gasteiger partial charge in [0.15, 0.2) is 14.0 Å². The van der Waals surface area contributed by atoms with Gasteiger partial charge in [0.1, 0.15) is 6.10 Å². The van der Waals surface area contributed by atoms with Crippen molar-refractivity contribution >= 4 is 21.4 Å². The lowest BCUT2D eigenvalue weighted by molar-refractivity contribution is 0.155. The molecule has 0 unspecified atom stereocenters. The molecule has 0 aromatic heterocycles. The van der Waals surface area contributed by atoms with Gasteiger partial charge in [0, 0.05) is 6.26 Å². The minimum atomic E-state index is -3.56. The maximum Gasteiger partial charge on any atom is 0.174 e. The average Bonchev–Trinajstić information content (AvgIpc) is 2.26. The topological polar surface area (TPSA) is 54.4 Å². The first-order valence-electron chi connectivity index (χ1n) is 5.35. The predicted molar refractivity (Wildman–Crippen MR) is 69.9 cm³/mol. The Bertz CT molecular complexity index is 481. The zero-order chi connectivity index (χ0) is 13.3. The first kappa shape index (κ1) is 14.5. The Morgan fingerprint density at radius 3 is 2.18 bits per heavy atom. The SMILES string of the molecule is CC[C@@](Cl)([C@@H](O)c1ccc(C)cc1)S(C)(=O)=O.